The molecule has 0 aromatic rings. The fourth-order valence-corrected chi connectivity index (χ4v) is 1.31. The molecule has 0 saturated carbocycles. The molecule has 0 aliphatic carbocycles. The predicted octanol–water partition coefficient (Wildman–Crippen LogP) is 1.02. The van der Waals surface area contributed by atoms with Gasteiger partial charge in [0.05, 0.1) is 6.61 Å². The summed E-state index contributed by atoms with van der Waals surface area (Å²) in [4.78, 5) is 0. The third-order valence-corrected chi connectivity index (χ3v) is 2.16. The van der Waals surface area contributed by atoms with E-state index in [1.807, 2.05) is 0 Å². The van der Waals surface area contributed by atoms with E-state index >= 15 is 0 Å². The molecule has 0 fully saturated rings. The van der Waals surface area contributed by atoms with Crippen molar-refractivity contribution < 1.29 is 9.84 Å². The van der Waals surface area contributed by atoms with Gasteiger partial charge >= 0.3 is 0 Å². The predicted molar refractivity (Wildman–Crippen MR) is 54.8 cm³/mol. The van der Waals surface area contributed by atoms with E-state index in [-0.39, 0.29) is 12.0 Å². The summed E-state index contributed by atoms with van der Waals surface area (Å²) in [6.45, 7) is 8.33. The van der Waals surface area contributed by atoms with Crippen molar-refractivity contribution in [1.29, 1.82) is 0 Å². The van der Waals surface area contributed by atoms with Crippen LogP contribution in [-0.2, 0) is 4.74 Å². The average molecular weight is 189 g/mol. The molecule has 0 radical (unpaired) electrons. The Bertz CT molecular complexity index is 121. The summed E-state index contributed by atoms with van der Waals surface area (Å²) in [6.07, 6.45) is 0.799. The Hall–Kier alpha value is -0.120. The molecule has 3 heteroatoms. The molecule has 0 aromatic heterocycles. The topological polar surface area (TPSA) is 41.5 Å². The van der Waals surface area contributed by atoms with Crippen molar-refractivity contribution in [2.45, 2.75) is 33.2 Å². The number of hydrogen-bond donors (Lipinski definition) is 2. The number of hydrogen-bond acceptors (Lipinski definition) is 3. The van der Waals surface area contributed by atoms with Gasteiger partial charge in [-0.2, -0.15) is 0 Å². The first-order valence-electron chi connectivity index (χ1n) is 4.85. The second-order valence-corrected chi connectivity index (χ2v) is 4.38. The maximum atomic E-state index is 8.89. The number of rotatable bonds is 6. The summed E-state index contributed by atoms with van der Waals surface area (Å²) in [5, 5.41) is 12.3. The van der Waals surface area contributed by atoms with Gasteiger partial charge in [-0.1, -0.05) is 20.8 Å². The van der Waals surface area contributed by atoms with Crippen molar-refractivity contribution in [1.82, 2.24) is 5.32 Å². The zero-order valence-corrected chi connectivity index (χ0v) is 9.26. The molecular formula is C10H23NO2. The molecule has 0 rings (SSSR count). The van der Waals surface area contributed by atoms with Crippen molar-refractivity contribution in [3.63, 3.8) is 0 Å². The van der Waals surface area contributed by atoms with Gasteiger partial charge in [-0.3, -0.25) is 0 Å². The minimum Gasteiger partial charge on any atom is -0.396 e. The fraction of sp³-hybridized carbons (Fsp3) is 1.00. The molecule has 1 unspecified atom stereocenters. The van der Waals surface area contributed by atoms with Crippen LogP contribution in [0.4, 0.5) is 0 Å². The Morgan fingerprint density at radius 2 is 2.00 bits per heavy atom. The Labute approximate surface area is 81.5 Å². The molecule has 0 aromatic carbocycles. The monoisotopic (exact) mass is 189 g/mol. The number of aliphatic hydroxyl groups excluding tert-OH is 1. The molecule has 3 nitrogen and oxygen atoms in total. The lowest BCUT2D eigenvalue weighted by Gasteiger charge is -2.31. The molecule has 0 spiro atoms. The molecule has 80 valence electrons. The van der Waals surface area contributed by atoms with E-state index in [0.717, 1.165) is 19.6 Å². The van der Waals surface area contributed by atoms with E-state index in [4.69, 9.17) is 9.84 Å². The van der Waals surface area contributed by atoms with Crippen molar-refractivity contribution in [3.8, 4) is 0 Å². The maximum Gasteiger partial charge on any atom is 0.0587 e. The summed E-state index contributed by atoms with van der Waals surface area (Å²) in [6, 6.07) is 0.354. The van der Waals surface area contributed by atoms with Crippen LogP contribution in [0.5, 0.6) is 0 Å². The van der Waals surface area contributed by atoms with Crippen LogP contribution < -0.4 is 5.32 Å². The minimum atomic E-state index is 0.191. The second kappa shape index (κ2) is 6.35. The molecule has 13 heavy (non-hydrogen) atoms. The second-order valence-electron chi connectivity index (χ2n) is 4.38. The molecule has 0 saturated heterocycles. The van der Waals surface area contributed by atoms with Crippen LogP contribution in [0.2, 0.25) is 0 Å². The molecule has 1 atom stereocenters. The van der Waals surface area contributed by atoms with Crippen molar-refractivity contribution >= 4 is 0 Å². The smallest absolute Gasteiger partial charge is 0.0587 e. The molecule has 0 bridgehead atoms. The Morgan fingerprint density at radius 1 is 1.38 bits per heavy atom. The van der Waals surface area contributed by atoms with Crippen LogP contribution in [0.3, 0.4) is 0 Å². The average Bonchev–Trinajstić information content (AvgIpc) is 2.01. The van der Waals surface area contributed by atoms with Gasteiger partial charge in [-0.05, 0) is 11.8 Å². The molecular weight excluding hydrogens is 166 g/mol. The van der Waals surface area contributed by atoms with E-state index in [0.29, 0.717) is 6.04 Å². The summed E-state index contributed by atoms with van der Waals surface area (Å²) in [7, 11) is 1.69. The SMILES string of the molecule is COCCNC(CCO)C(C)(C)C. The maximum absolute atomic E-state index is 8.89. The largest absolute Gasteiger partial charge is 0.396 e. The summed E-state index contributed by atoms with van der Waals surface area (Å²) in [5.41, 5.74) is 0.191. The normalized spacial score (nSPS) is 14.5. The van der Waals surface area contributed by atoms with Gasteiger partial charge in [0.25, 0.3) is 0 Å². The highest BCUT2D eigenvalue weighted by Crippen LogP contribution is 2.21. The van der Waals surface area contributed by atoms with Gasteiger partial charge in [0, 0.05) is 26.3 Å². The zero-order chi connectivity index (χ0) is 10.3. The van der Waals surface area contributed by atoms with E-state index in [9.17, 15) is 0 Å². The Balaban J connectivity index is 3.81. The van der Waals surface area contributed by atoms with E-state index in [2.05, 4.69) is 26.1 Å². The molecule has 0 aliphatic rings. The van der Waals surface area contributed by atoms with Crippen LogP contribution in [0.15, 0.2) is 0 Å². The van der Waals surface area contributed by atoms with Crippen molar-refractivity contribution in [3.05, 3.63) is 0 Å². The van der Waals surface area contributed by atoms with Crippen LogP contribution in [0.1, 0.15) is 27.2 Å². The van der Waals surface area contributed by atoms with Crippen LogP contribution in [-0.4, -0.2) is 38.0 Å². The molecule has 0 aliphatic heterocycles. The van der Waals surface area contributed by atoms with Gasteiger partial charge in [-0.15, -0.1) is 0 Å². The highest BCUT2D eigenvalue weighted by Gasteiger charge is 2.22. The first-order chi connectivity index (χ1) is 6.02. The van der Waals surface area contributed by atoms with Crippen LogP contribution in [0.25, 0.3) is 0 Å². The van der Waals surface area contributed by atoms with Gasteiger partial charge in [0.1, 0.15) is 0 Å². The standard InChI is InChI=1S/C10H23NO2/c1-10(2,3)9(5-7-12)11-6-8-13-4/h9,11-12H,5-8H2,1-4H3. The van der Waals surface area contributed by atoms with E-state index < -0.39 is 0 Å². The molecule has 0 amide bonds. The summed E-state index contributed by atoms with van der Waals surface area (Å²) >= 11 is 0. The highest BCUT2D eigenvalue weighted by atomic mass is 16.5. The quantitative estimate of drug-likeness (QED) is 0.613. The molecule has 0 heterocycles. The summed E-state index contributed by atoms with van der Waals surface area (Å²) < 4.78 is 4.96. The lowest BCUT2D eigenvalue weighted by molar-refractivity contribution is 0.164. The van der Waals surface area contributed by atoms with Gasteiger partial charge in [0.2, 0.25) is 0 Å². The zero-order valence-electron chi connectivity index (χ0n) is 9.26. The number of methoxy groups -OCH3 is 1. The van der Waals surface area contributed by atoms with Gasteiger partial charge in [0.15, 0.2) is 0 Å². The Morgan fingerprint density at radius 3 is 2.38 bits per heavy atom. The van der Waals surface area contributed by atoms with Gasteiger partial charge < -0.3 is 15.2 Å². The summed E-state index contributed by atoms with van der Waals surface area (Å²) in [5.74, 6) is 0. The highest BCUT2D eigenvalue weighted by molar-refractivity contribution is 4.79. The first-order valence-corrected chi connectivity index (χ1v) is 4.85. The van der Waals surface area contributed by atoms with Crippen molar-refractivity contribution in [2.24, 2.45) is 5.41 Å². The van der Waals surface area contributed by atoms with E-state index in [1.54, 1.807) is 7.11 Å². The first kappa shape index (κ1) is 12.9. The Kier molecular flexibility index (Phi) is 6.29. The third kappa shape index (κ3) is 6.02. The van der Waals surface area contributed by atoms with Crippen LogP contribution >= 0.6 is 0 Å². The van der Waals surface area contributed by atoms with Gasteiger partial charge in [-0.25, -0.2) is 0 Å². The minimum absolute atomic E-state index is 0.191. The van der Waals surface area contributed by atoms with Crippen LogP contribution in [0, 0.1) is 5.41 Å². The lowest BCUT2D eigenvalue weighted by atomic mass is 9.85. The number of ether oxygens (including phenoxy) is 1. The van der Waals surface area contributed by atoms with Crippen molar-refractivity contribution in [2.75, 3.05) is 26.9 Å². The lowest BCUT2D eigenvalue weighted by Crippen LogP contribution is -2.42. The number of aliphatic hydroxyl groups is 1. The third-order valence-electron chi connectivity index (χ3n) is 2.16. The van der Waals surface area contributed by atoms with E-state index in [1.165, 1.54) is 0 Å². The fourth-order valence-electron chi connectivity index (χ4n) is 1.31. The molecule has 2 N–H and O–H groups in total. The number of nitrogens with one attached hydrogen (secondary N) is 1.